The van der Waals surface area contributed by atoms with Crippen molar-refractivity contribution in [2.24, 2.45) is 5.41 Å². The van der Waals surface area contributed by atoms with Crippen molar-refractivity contribution in [2.45, 2.75) is 45.4 Å². The summed E-state index contributed by atoms with van der Waals surface area (Å²) in [7, 11) is 0. The molecule has 0 spiro atoms. The van der Waals surface area contributed by atoms with E-state index < -0.39 is 5.97 Å². The first kappa shape index (κ1) is 12.0. The molecule has 1 rings (SSSR count). The van der Waals surface area contributed by atoms with Gasteiger partial charge in [0.2, 0.25) is 0 Å². The number of aliphatic carboxylic acids is 1. The molecule has 15 heavy (non-hydrogen) atoms. The Balaban J connectivity index is 2.19. The Bertz CT molecular complexity index is 243. The van der Waals surface area contributed by atoms with Crippen LogP contribution in [0.25, 0.3) is 0 Å². The van der Waals surface area contributed by atoms with Crippen molar-refractivity contribution in [1.82, 2.24) is 0 Å². The quantitative estimate of drug-likeness (QED) is 0.658. The first-order chi connectivity index (χ1) is 7.08. The number of ether oxygens (including phenoxy) is 1. The van der Waals surface area contributed by atoms with E-state index in [1.807, 2.05) is 0 Å². The maximum atomic E-state index is 11.1. The molecule has 0 aliphatic heterocycles. The molecule has 0 unspecified atom stereocenters. The number of esters is 1. The number of rotatable bonds is 7. The van der Waals surface area contributed by atoms with Crippen molar-refractivity contribution in [3.8, 4) is 0 Å². The van der Waals surface area contributed by atoms with Gasteiger partial charge in [0, 0.05) is 12.8 Å². The first-order valence-electron chi connectivity index (χ1n) is 5.45. The highest BCUT2D eigenvalue weighted by Crippen LogP contribution is 2.53. The van der Waals surface area contributed by atoms with Crippen LogP contribution in [0, 0.1) is 5.41 Å². The largest absolute Gasteiger partial charge is 0.481 e. The zero-order valence-corrected chi connectivity index (χ0v) is 9.12. The average Bonchev–Trinajstić information content (AvgIpc) is 2.93. The van der Waals surface area contributed by atoms with Crippen LogP contribution in [0.5, 0.6) is 0 Å². The molecule has 86 valence electrons. The normalized spacial score (nSPS) is 17.1. The van der Waals surface area contributed by atoms with E-state index in [2.05, 4.69) is 0 Å². The average molecular weight is 214 g/mol. The predicted molar refractivity (Wildman–Crippen MR) is 54.4 cm³/mol. The molecule has 0 aromatic carbocycles. The number of carbonyl (C=O) groups excluding carboxylic acids is 1. The van der Waals surface area contributed by atoms with Crippen LogP contribution >= 0.6 is 0 Å². The lowest BCUT2D eigenvalue weighted by molar-refractivity contribution is -0.143. The third-order valence-electron chi connectivity index (χ3n) is 2.99. The molecule has 0 amide bonds. The minimum atomic E-state index is -0.752. The van der Waals surface area contributed by atoms with Gasteiger partial charge in [0.1, 0.15) is 0 Å². The lowest BCUT2D eigenvalue weighted by atomic mass is 9.94. The summed E-state index contributed by atoms with van der Waals surface area (Å²) in [5.41, 5.74) is 0.130. The van der Waals surface area contributed by atoms with Crippen LogP contribution in [0.15, 0.2) is 0 Å². The van der Waals surface area contributed by atoms with Crippen molar-refractivity contribution < 1.29 is 19.4 Å². The number of carboxylic acids is 1. The highest BCUT2D eigenvalue weighted by atomic mass is 16.5. The molecule has 1 N–H and O–H groups in total. The summed E-state index contributed by atoms with van der Waals surface area (Å²) < 4.78 is 4.84. The Morgan fingerprint density at radius 1 is 1.27 bits per heavy atom. The molecule has 0 aromatic rings. The van der Waals surface area contributed by atoms with Gasteiger partial charge >= 0.3 is 11.9 Å². The lowest BCUT2D eigenvalue weighted by Gasteiger charge is -2.12. The second kappa shape index (κ2) is 5.14. The highest BCUT2D eigenvalue weighted by molar-refractivity contribution is 5.69. The number of carboxylic acid groups (broad SMARTS) is 1. The van der Waals surface area contributed by atoms with Gasteiger partial charge in [-0.3, -0.25) is 9.59 Å². The van der Waals surface area contributed by atoms with Crippen LogP contribution < -0.4 is 0 Å². The molecule has 0 atom stereocenters. The van der Waals surface area contributed by atoms with Gasteiger partial charge in [-0.25, -0.2) is 0 Å². The molecule has 0 heterocycles. The predicted octanol–water partition coefficient (Wildman–Crippen LogP) is 1.97. The van der Waals surface area contributed by atoms with Gasteiger partial charge in [-0.2, -0.15) is 0 Å². The Labute approximate surface area is 89.6 Å². The zero-order valence-electron chi connectivity index (χ0n) is 9.12. The van der Waals surface area contributed by atoms with E-state index in [9.17, 15) is 9.59 Å². The molecule has 0 radical (unpaired) electrons. The van der Waals surface area contributed by atoms with Crippen LogP contribution in [-0.4, -0.2) is 23.7 Å². The Morgan fingerprint density at radius 2 is 1.87 bits per heavy atom. The van der Waals surface area contributed by atoms with E-state index in [1.54, 1.807) is 6.92 Å². The van der Waals surface area contributed by atoms with Crippen LogP contribution in [0.4, 0.5) is 0 Å². The van der Waals surface area contributed by atoms with Crippen LogP contribution in [-0.2, 0) is 14.3 Å². The van der Waals surface area contributed by atoms with Crippen LogP contribution in [0.2, 0.25) is 0 Å². The second-order valence-electron chi connectivity index (χ2n) is 4.20. The second-order valence-corrected chi connectivity index (χ2v) is 4.20. The summed E-state index contributed by atoms with van der Waals surface area (Å²) in [5, 5.41) is 8.57. The Hall–Kier alpha value is -1.06. The van der Waals surface area contributed by atoms with Gasteiger partial charge < -0.3 is 9.84 Å². The number of carbonyl (C=O) groups is 2. The fourth-order valence-electron chi connectivity index (χ4n) is 1.77. The van der Waals surface area contributed by atoms with E-state index in [0.29, 0.717) is 19.4 Å². The Kier molecular flexibility index (Phi) is 4.12. The molecule has 0 saturated heterocycles. The van der Waals surface area contributed by atoms with E-state index in [0.717, 1.165) is 19.3 Å². The third kappa shape index (κ3) is 4.32. The van der Waals surface area contributed by atoms with Gasteiger partial charge in [0.15, 0.2) is 0 Å². The highest BCUT2D eigenvalue weighted by Gasteiger charge is 2.42. The van der Waals surface area contributed by atoms with Gasteiger partial charge in [0.05, 0.1) is 6.61 Å². The third-order valence-corrected chi connectivity index (χ3v) is 2.99. The SMILES string of the molecule is CCOC(=O)CCC1(CCC(=O)O)CC1. The minimum absolute atomic E-state index is 0.130. The molecule has 0 aromatic heterocycles. The molecule has 0 bridgehead atoms. The van der Waals surface area contributed by atoms with Crippen molar-refractivity contribution in [2.75, 3.05) is 6.61 Å². The van der Waals surface area contributed by atoms with E-state index in [-0.39, 0.29) is 17.8 Å². The summed E-state index contributed by atoms with van der Waals surface area (Å²) in [6.45, 7) is 2.20. The molecule has 1 fully saturated rings. The summed E-state index contributed by atoms with van der Waals surface area (Å²) in [4.78, 5) is 21.5. The van der Waals surface area contributed by atoms with Gasteiger partial charge in [0.25, 0.3) is 0 Å². The zero-order chi connectivity index (χ0) is 11.3. The van der Waals surface area contributed by atoms with Crippen molar-refractivity contribution in [3.05, 3.63) is 0 Å². The number of hydrogen-bond donors (Lipinski definition) is 1. The van der Waals surface area contributed by atoms with E-state index in [1.165, 1.54) is 0 Å². The summed E-state index contributed by atoms with van der Waals surface area (Å²) in [5.74, 6) is -0.920. The fraction of sp³-hybridized carbons (Fsp3) is 0.818. The first-order valence-corrected chi connectivity index (χ1v) is 5.45. The lowest BCUT2D eigenvalue weighted by Crippen LogP contribution is -2.10. The van der Waals surface area contributed by atoms with E-state index >= 15 is 0 Å². The molecule has 4 heteroatoms. The maximum Gasteiger partial charge on any atom is 0.305 e. The van der Waals surface area contributed by atoms with Gasteiger partial charge in [-0.15, -0.1) is 0 Å². The van der Waals surface area contributed by atoms with Crippen molar-refractivity contribution in [1.29, 1.82) is 0 Å². The smallest absolute Gasteiger partial charge is 0.305 e. The molecular formula is C11H18O4. The molecule has 1 aliphatic carbocycles. The van der Waals surface area contributed by atoms with Crippen LogP contribution in [0.1, 0.15) is 45.4 Å². The van der Waals surface area contributed by atoms with Gasteiger partial charge in [-0.1, -0.05) is 0 Å². The molecule has 1 saturated carbocycles. The van der Waals surface area contributed by atoms with Crippen LogP contribution in [0.3, 0.4) is 0 Å². The molecule has 1 aliphatic rings. The summed E-state index contributed by atoms with van der Waals surface area (Å²) in [6, 6.07) is 0. The maximum absolute atomic E-state index is 11.1. The number of hydrogen-bond acceptors (Lipinski definition) is 3. The molecule has 4 nitrogen and oxygen atoms in total. The Morgan fingerprint density at radius 3 is 2.33 bits per heavy atom. The van der Waals surface area contributed by atoms with Crippen molar-refractivity contribution >= 4 is 11.9 Å². The summed E-state index contributed by atoms with van der Waals surface area (Å²) >= 11 is 0. The minimum Gasteiger partial charge on any atom is -0.481 e. The van der Waals surface area contributed by atoms with Gasteiger partial charge in [-0.05, 0) is 38.0 Å². The fourth-order valence-corrected chi connectivity index (χ4v) is 1.77. The van der Waals surface area contributed by atoms with E-state index in [4.69, 9.17) is 9.84 Å². The summed E-state index contributed by atoms with van der Waals surface area (Å²) in [6.07, 6.45) is 4.22. The standard InChI is InChI=1S/C11H18O4/c1-2-15-10(14)4-6-11(7-8-11)5-3-9(12)13/h2-8H2,1H3,(H,12,13). The molecular weight excluding hydrogens is 196 g/mol. The van der Waals surface area contributed by atoms with Crippen molar-refractivity contribution in [3.63, 3.8) is 0 Å². The topological polar surface area (TPSA) is 63.6 Å². The monoisotopic (exact) mass is 214 g/mol.